The third-order valence-corrected chi connectivity index (χ3v) is 3.91. The number of nitrogens with zero attached hydrogens (tertiary/aromatic N) is 1. The summed E-state index contributed by atoms with van der Waals surface area (Å²) in [6, 6.07) is 13.0. The van der Waals surface area contributed by atoms with Crippen LogP contribution in [0.1, 0.15) is 25.0 Å². The molecule has 0 aliphatic carbocycles. The molecule has 0 fully saturated rings. The molecule has 2 aromatic rings. The fourth-order valence-corrected chi connectivity index (χ4v) is 2.84. The van der Waals surface area contributed by atoms with Gasteiger partial charge in [-0.25, -0.2) is 0 Å². The molecule has 23 heavy (non-hydrogen) atoms. The molecular weight excluding hydrogens is 290 g/mol. The van der Waals surface area contributed by atoms with Crippen molar-refractivity contribution < 1.29 is 14.6 Å². The summed E-state index contributed by atoms with van der Waals surface area (Å²) in [4.78, 5) is 14.4. The summed E-state index contributed by atoms with van der Waals surface area (Å²) in [6.45, 7) is 4.89. The first kappa shape index (κ1) is 15.2. The number of phenolic OH excluding ortho intramolecular Hbond substituents is 1. The van der Waals surface area contributed by atoms with Crippen molar-refractivity contribution in [3.05, 3.63) is 53.6 Å². The summed E-state index contributed by atoms with van der Waals surface area (Å²) in [7, 11) is 0. The van der Waals surface area contributed by atoms with Gasteiger partial charge in [-0.1, -0.05) is 30.3 Å². The lowest BCUT2D eigenvalue weighted by Crippen LogP contribution is -2.25. The molecule has 2 aromatic carbocycles. The second kappa shape index (κ2) is 6.16. The van der Waals surface area contributed by atoms with Gasteiger partial charge in [-0.2, -0.15) is 0 Å². The molecule has 1 aliphatic rings. The van der Waals surface area contributed by atoms with E-state index < -0.39 is 0 Å². The van der Waals surface area contributed by atoms with Gasteiger partial charge in [0.2, 0.25) is 0 Å². The summed E-state index contributed by atoms with van der Waals surface area (Å²) < 4.78 is 5.41. The second-order valence-corrected chi connectivity index (χ2v) is 5.25. The number of carbonyl (C=O) groups excluding carboxylic acids is 1. The maximum atomic E-state index is 12.7. The van der Waals surface area contributed by atoms with Gasteiger partial charge in [0.1, 0.15) is 0 Å². The highest BCUT2D eigenvalue weighted by molar-refractivity contribution is 6.35. The van der Waals surface area contributed by atoms with Crippen molar-refractivity contribution in [2.75, 3.05) is 18.1 Å². The van der Waals surface area contributed by atoms with Gasteiger partial charge in [0.05, 0.1) is 12.3 Å². The van der Waals surface area contributed by atoms with Crippen LogP contribution in [0.25, 0.3) is 11.6 Å². The molecule has 0 atom stereocenters. The van der Waals surface area contributed by atoms with Crippen molar-refractivity contribution in [3.63, 3.8) is 0 Å². The van der Waals surface area contributed by atoms with Crippen molar-refractivity contribution in [1.29, 1.82) is 0 Å². The van der Waals surface area contributed by atoms with E-state index in [1.165, 1.54) is 0 Å². The molecule has 3 rings (SSSR count). The minimum atomic E-state index is -0.0464. The highest BCUT2D eigenvalue weighted by atomic mass is 16.5. The number of ether oxygens (including phenoxy) is 1. The second-order valence-electron chi connectivity index (χ2n) is 5.25. The number of benzene rings is 2. The molecule has 1 heterocycles. The lowest BCUT2D eigenvalue weighted by molar-refractivity contribution is -0.112. The number of aromatic hydroxyl groups is 1. The molecule has 118 valence electrons. The zero-order valence-electron chi connectivity index (χ0n) is 13.2. The summed E-state index contributed by atoms with van der Waals surface area (Å²) in [6.07, 6.45) is 1.73. The summed E-state index contributed by atoms with van der Waals surface area (Å²) in [5.41, 5.74) is 2.96. The minimum absolute atomic E-state index is 0.0464. The Bertz CT molecular complexity index is 780. The number of fused-ring (bicyclic) bond motifs is 1. The quantitative estimate of drug-likeness (QED) is 0.876. The monoisotopic (exact) mass is 309 g/mol. The minimum Gasteiger partial charge on any atom is -0.504 e. The van der Waals surface area contributed by atoms with Gasteiger partial charge in [0, 0.05) is 23.2 Å². The van der Waals surface area contributed by atoms with Gasteiger partial charge in [-0.05, 0) is 32.1 Å². The molecule has 0 unspecified atom stereocenters. The molecule has 1 amide bonds. The third kappa shape index (κ3) is 2.57. The number of likely N-dealkylation sites (N-methyl/N-ethyl adjacent to an activating group) is 1. The zero-order valence-corrected chi connectivity index (χ0v) is 13.2. The molecule has 0 bridgehead atoms. The molecule has 0 spiro atoms. The third-order valence-electron chi connectivity index (χ3n) is 3.91. The molecule has 1 N–H and O–H groups in total. The largest absolute Gasteiger partial charge is 0.504 e. The fourth-order valence-electron chi connectivity index (χ4n) is 2.84. The van der Waals surface area contributed by atoms with E-state index >= 15 is 0 Å². The van der Waals surface area contributed by atoms with E-state index in [1.54, 1.807) is 29.2 Å². The highest BCUT2D eigenvalue weighted by Crippen LogP contribution is 2.39. The first-order valence-electron chi connectivity index (χ1n) is 7.75. The Balaban J connectivity index is 2.10. The Labute approximate surface area is 135 Å². The van der Waals surface area contributed by atoms with E-state index in [0.717, 1.165) is 11.3 Å². The predicted octanol–water partition coefficient (Wildman–Crippen LogP) is 3.70. The Morgan fingerprint density at radius 1 is 1.13 bits per heavy atom. The van der Waals surface area contributed by atoms with E-state index in [-0.39, 0.29) is 11.7 Å². The number of carbonyl (C=O) groups is 1. The maximum absolute atomic E-state index is 12.7. The predicted molar refractivity (Wildman–Crippen MR) is 91.6 cm³/mol. The van der Waals surface area contributed by atoms with Crippen LogP contribution < -0.4 is 9.64 Å². The number of hydrogen-bond donors (Lipinski definition) is 1. The molecule has 0 aromatic heterocycles. The Morgan fingerprint density at radius 3 is 2.65 bits per heavy atom. The molecule has 1 aliphatic heterocycles. The summed E-state index contributed by atoms with van der Waals surface area (Å²) in [5.74, 6) is 0.435. The average Bonchev–Trinajstić information content (AvgIpc) is 2.83. The Kier molecular flexibility index (Phi) is 4.06. The topological polar surface area (TPSA) is 49.8 Å². The normalized spacial score (nSPS) is 15.1. The number of para-hydroxylation sites is 2. The number of rotatable bonds is 4. The SMILES string of the molecule is CCOc1cccc(/C=C2\C(=O)N(CC)c3ccccc32)c1O. The van der Waals surface area contributed by atoms with Crippen molar-refractivity contribution in [1.82, 2.24) is 0 Å². The van der Waals surface area contributed by atoms with Crippen LogP contribution in [-0.4, -0.2) is 24.2 Å². The van der Waals surface area contributed by atoms with Gasteiger partial charge in [0.15, 0.2) is 11.5 Å². The van der Waals surface area contributed by atoms with Gasteiger partial charge in [0.25, 0.3) is 5.91 Å². The van der Waals surface area contributed by atoms with Gasteiger partial charge < -0.3 is 14.7 Å². The molecule has 0 saturated carbocycles. The van der Waals surface area contributed by atoms with Crippen LogP contribution in [-0.2, 0) is 4.79 Å². The van der Waals surface area contributed by atoms with Gasteiger partial charge >= 0.3 is 0 Å². The average molecular weight is 309 g/mol. The number of phenols is 1. The zero-order chi connectivity index (χ0) is 16.4. The molecule has 0 radical (unpaired) electrons. The summed E-state index contributed by atoms with van der Waals surface area (Å²) >= 11 is 0. The number of anilines is 1. The van der Waals surface area contributed by atoms with Crippen molar-refractivity contribution >= 4 is 23.2 Å². The van der Waals surface area contributed by atoms with E-state index in [0.29, 0.717) is 30.0 Å². The number of hydrogen-bond acceptors (Lipinski definition) is 3. The van der Waals surface area contributed by atoms with Crippen molar-refractivity contribution in [3.8, 4) is 11.5 Å². The van der Waals surface area contributed by atoms with Crippen LogP contribution in [0.3, 0.4) is 0 Å². The summed E-state index contributed by atoms with van der Waals surface area (Å²) in [5, 5.41) is 10.3. The standard InChI is InChI=1S/C19H19NO3/c1-3-20-16-10-6-5-9-14(16)15(19(20)22)12-13-8-7-11-17(18(13)21)23-4-2/h5-12,21H,3-4H2,1-2H3/b15-12-. The van der Waals surface area contributed by atoms with Crippen LogP contribution in [0.5, 0.6) is 11.5 Å². The van der Waals surface area contributed by atoms with E-state index in [4.69, 9.17) is 4.74 Å². The molecule has 0 saturated heterocycles. The van der Waals surface area contributed by atoms with Gasteiger partial charge in [-0.3, -0.25) is 4.79 Å². The smallest absolute Gasteiger partial charge is 0.258 e. The Hall–Kier alpha value is -2.75. The van der Waals surface area contributed by atoms with Crippen molar-refractivity contribution in [2.24, 2.45) is 0 Å². The van der Waals surface area contributed by atoms with E-state index in [9.17, 15) is 9.90 Å². The lowest BCUT2D eigenvalue weighted by Gasteiger charge is -2.13. The maximum Gasteiger partial charge on any atom is 0.258 e. The van der Waals surface area contributed by atoms with Crippen LogP contribution >= 0.6 is 0 Å². The Morgan fingerprint density at radius 2 is 1.91 bits per heavy atom. The fraction of sp³-hybridized carbons (Fsp3) is 0.211. The van der Waals surface area contributed by atoms with Gasteiger partial charge in [-0.15, -0.1) is 0 Å². The van der Waals surface area contributed by atoms with Crippen LogP contribution in [0.4, 0.5) is 5.69 Å². The van der Waals surface area contributed by atoms with E-state index in [1.807, 2.05) is 38.1 Å². The first-order valence-corrected chi connectivity index (χ1v) is 7.75. The van der Waals surface area contributed by atoms with Crippen LogP contribution in [0.2, 0.25) is 0 Å². The molecular formula is C19H19NO3. The lowest BCUT2D eigenvalue weighted by atomic mass is 10.0. The van der Waals surface area contributed by atoms with E-state index in [2.05, 4.69) is 0 Å². The first-order chi connectivity index (χ1) is 11.2. The van der Waals surface area contributed by atoms with Crippen molar-refractivity contribution in [2.45, 2.75) is 13.8 Å². The highest BCUT2D eigenvalue weighted by Gasteiger charge is 2.31. The van der Waals surface area contributed by atoms with Crippen LogP contribution in [0.15, 0.2) is 42.5 Å². The molecule has 4 nitrogen and oxygen atoms in total. The van der Waals surface area contributed by atoms with Crippen LogP contribution in [0, 0.1) is 0 Å². The molecule has 4 heteroatoms. The number of amides is 1.